The lowest BCUT2D eigenvalue weighted by molar-refractivity contribution is 0.0874. The summed E-state index contributed by atoms with van der Waals surface area (Å²) in [4.78, 5) is 10.3. The Labute approximate surface area is 96.5 Å². The zero-order chi connectivity index (χ0) is 12.2. The van der Waals surface area contributed by atoms with E-state index in [0.29, 0.717) is 6.54 Å². The van der Waals surface area contributed by atoms with Crippen LogP contribution in [0.15, 0.2) is 12.4 Å². The molecule has 0 amide bonds. The molecule has 1 rings (SSSR count). The molecule has 0 aliphatic rings. The molecule has 0 saturated carbocycles. The number of likely N-dealkylation sites (N-methyl/N-ethyl adjacent to an activating group) is 1. The normalized spacial score (nSPS) is 11.3. The van der Waals surface area contributed by atoms with Crippen LogP contribution < -0.4 is 10.2 Å². The highest BCUT2D eigenvalue weighted by molar-refractivity contribution is 5.48. The molecule has 0 spiro atoms. The van der Waals surface area contributed by atoms with Gasteiger partial charge in [0.15, 0.2) is 0 Å². The van der Waals surface area contributed by atoms with E-state index in [1.807, 2.05) is 24.9 Å². The Morgan fingerprint density at radius 2 is 2.12 bits per heavy atom. The Morgan fingerprint density at radius 1 is 1.44 bits per heavy atom. The van der Waals surface area contributed by atoms with Crippen LogP contribution in [0.25, 0.3) is 0 Å². The summed E-state index contributed by atoms with van der Waals surface area (Å²) in [5.41, 5.74) is -0.735. The van der Waals surface area contributed by atoms with Crippen LogP contribution in [0.3, 0.4) is 0 Å². The summed E-state index contributed by atoms with van der Waals surface area (Å²) in [5, 5.41) is 12.8. The summed E-state index contributed by atoms with van der Waals surface area (Å²) in [5.74, 6) is 1.60. The minimum Gasteiger partial charge on any atom is -0.389 e. The Balaban J connectivity index is 2.86. The van der Waals surface area contributed by atoms with E-state index in [1.54, 1.807) is 13.8 Å². The number of nitrogens with zero attached hydrogens (tertiary/aromatic N) is 3. The molecule has 0 saturated heterocycles. The summed E-state index contributed by atoms with van der Waals surface area (Å²) in [6, 6.07) is 1.87. The van der Waals surface area contributed by atoms with Crippen LogP contribution in [0, 0.1) is 0 Å². The van der Waals surface area contributed by atoms with Gasteiger partial charge in [0.2, 0.25) is 0 Å². The molecule has 0 fully saturated rings. The Bertz CT molecular complexity index is 335. The maximum atomic E-state index is 9.81. The predicted molar refractivity (Wildman–Crippen MR) is 65.8 cm³/mol. The van der Waals surface area contributed by atoms with Crippen molar-refractivity contribution in [1.29, 1.82) is 0 Å². The number of aliphatic hydroxyl groups is 1. The Kier molecular flexibility index (Phi) is 4.06. The van der Waals surface area contributed by atoms with Gasteiger partial charge in [0.1, 0.15) is 18.0 Å². The molecule has 0 aliphatic heterocycles. The molecule has 0 bridgehead atoms. The van der Waals surface area contributed by atoms with Gasteiger partial charge in [0.25, 0.3) is 0 Å². The van der Waals surface area contributed by atoms with Crippen LogP contribution in [0.2, 0.25) is 0 Å². The van der Waals surface area contributed by atoms with Gasteiger partial charge in [-0.05, 0) is 20.8 Å². The van der Waals surface area contributed by atoms with Gasteiger partial charge >= 0.3 is 0 Å². The van der Waals surface area contributed by atoms with E-state index >= 15 is 0 Å². The lowest BCUT2D eigenvalue weighted by Gasteiger charge is -2.28. The molecule has 16 heavy (non-hydrogen) atoms. The summed E-state index contributed by atoms with van der Waals surface area (Å²) >= 11 is 0. The van der Waals surface area contributed by atoms with Crippen LogP contribution in [-0.4, -0.2) is 40.8 Å². The first-order valence-electron chi connectivity index (χ1n) is 5.43. The number of rotatable bonds is 5. The number of anilines is 2. The molecular formula is C11H20N4O. The van der Waals surface area contributed by atoms with E-state index in [0.717, 1.165) is 18.2 Å². The molecule has 0 aromatic carbocycles. The van der Waals surface area contributed by atoms with Crippen molar-refractivity contribution in [1.82, 2.24) is 9.97 Å². The van der Waals surface area contributed by atoms with E-state index < -0.39 is 5.60 Å². The molecule has 1 aromatic rings. The summed E-state index contributed by atoms with van der Waals surface area (Å²) < 4.78 is 0. The van der Waals surface area contributed by atoms with Crippen LogP contribution in [0.4, 0.5) is 11.6 Å². The van der Waals surface area contributed by atoms with Crippen LogP contribution in [0.5, 0.6) is 0 Å². The lowest BCUT2D eigenvalue weighted by atomic mass is 10.1. The maximum Gasteiger partial charge on any atom is 0.134 e. The average molecular weight is 224 g/mol. The van der Waals surface area contributed by atoms with E-state index in [9.17, 15) is 5.11 Å². The number of hydrogen-bond acceptors (Lipinski definition) is 5. The third kappa shape index (κ3) is 3.66. The van der Waals surface area contributed by atoms with Gasteiger partial charge < -0.3 is 15.3 Å². The zero-order valence-corrected chi connectivity index (χ0v) is 10.4. The van der Waals surface area contributed by atoms with Crippen LogP contribution >= 0.6 is 0 Å². The van der Waals surface area contributed by atoms with Crippen LogP contribution in [0.1, 0.15) is 20.8 Å². The fourth-order valence-corrected chi connectivity index (χ4v) is 1.48. The van der Waals surface area contributed by atoms with E-state index in [4.69, 9.17) is 0 Å². The third-order valence-corrected chi connectivity index (χ3v) is 2.19. The van der Waals surface area contributed by atoms with Crippen molar-refractivity contribution in [2.75, 3.05) is 30.4 Å². The van der Waals surface area contributed by atoms with Gasteiger partial charge in [-0.1, -0.05) is 0 Å². The highest BCUT2D eigenvalue weighted by Crippen LogP contribution is 2.16. The smallest absolute Gasteiger partial charge is 0.134 e. The molecule has 1 heterocycles. The van der Waals surface area contributed by atoms with Gasteiger partial charge in [-0.25, -0.2) is 9.97 Å². The molecule has 90 valence electrons. The fourth-order valence-electron chi connectivity index (χ4n) is 1.48. The molecular weight excluding hydrogens is 204 g/mol. The summed E-state index contributed by atoms with van der Waals surface area (Å²) in [6.07, 6.45) is 1.52. The Hall–Kier alpha value is -1.36. The van der Waals surface area contributed by atoms with Crippen LogP contribution in [-0.2, 0) is 0 Å². The molecule has 0 aliphatic carbocycles. The molecule has 2 N–H and O–H groups in total. The highest BCUT2D eigenvalue weighted by atomic mass is 16.3. The zero-order valence-electron chi connectivity index (χ0n) is 10.4. The maximum absolute atomic E-state index is 9.81. The van der Waals surface area contributed by atoms with Crippen molar-refractivity contribution >= 4 is 11.6 Å². The monoisotopic (exact) mass is 224 g/mol. The second kappa shape index (κ2) is 5.12. The Morgan fingerprint density at radius 3 is 2.62 bits per heavy atom. The van der Waals surface area contributed by atoms with Gasteiger partial charge in [0, 0.05) is 26.2 Å². The van der Waals surface area contributed by atoms with E-state index in [2.05, 4.69) is 15.3 Å². The van der Waals surface area contributed by atoms with E-state index in [-0.39, 0.29) is 0 Å². The molecule has 5 heteroatoms. The first-order valence-corrected chi connectivity index (χ1v) is 5.43. The topological polar surface area (TPSA) is 61.3 Å². The van der Waals surface area contributed by atoms with Crippen molar-refractivity contribution in [3.8, 4) is 0 Å². The second-order valence-electron chi connectivity index (χ2n) is 4.34. The highest BCUT2D eigenvalue weighted by Gasteiger charge is 2.18. The summed E-state index contributed by atoms with van der Waals surface area (Å²) in [7, 11) is 1.82. The first-order chi connectivity index (χ1) is 7.46. The minimum absolute atomic E-state index is 0.545. The van der Waals surface area contributed by atoms with Gasteiger partial charge in [-0.15, -0.1) is 0 Å². The summed E-state index contributed by atoms with van der Waals surface area (Å²) in [6.45, 7) is 6.95. The third-order valence-electron chi connectivity index (χ3n) is 2.19. The van der Waals surface area contributed by atoms with Crippen molar-refractivity contribution in [3.63, 3.8) is 0 Å². The fraction of sp³-hybridized carbons (Fsp3) is 0.636. The first kappa shape index (κ1) is 12.7. The average Bonchev–Trinajstić information content (AvgIpc) is 2.25. The molecule has 0 unspecified atom stereocenters. The second-order valence-corrected chi connectivity index (χ2v) is 4.34. The SMILES string of the molecule is CCN(CC(C)(C)O)c1cc(NC)ncn1. The standard InChI is InChI=1S/C11H20N4O/c1-5-15(7-11(2,3)16)10-6-9(12-4)13-8-14-10/h6,8,16H,5,7H2,1-4H3,(H,12,13,14). The van der Waals surface area contributed by atoms with Crippen molar-refractivity contribution < 1.29 is 5.11 Å². The minimum atomic E-state index is -0.735. The number of hydrogen-bond donors (Lipinski definition) is 2. The number of aromatic nitrogens is 2. The lowest BCUT2D eigenvalue weighted by Crippen LogP contribution is -2.39. The van der Waals surface area contributed by atoms with Gasteiger partial charge in [-0.2, -0.15) is 0 Å². The van der Waals surface area contributed by atoms with Gasteiger partial charge in [0.05, 0.1) is 5.60 Å². The number of nitrogens with one attached hydrogen (secondary N) is 1. The van der Waals surface area contributed by atoms with Crippen molar-refractivity contribution in [3.05, 3.63) is 12.4 Å². The molecule has 5 nitrogen and oxygen atoms in total. The molecule has 0 atom stereocenters. The largest absolute Gasteiger partial charge is 0.389 e. The molecule has 1 aromatic heterocycles. The quantitative estimate of drug-likeness (QED) is 0.784. The van der Waals surface area contributed by atoms with E-state index in [1.165, 1.54) is 6.33 Å². The van der Waals surface area contributed by atoms with Crippen molar-refractivity contribution in [2.45, 2.75) is 26.4 Å². The van der Waals surface area contributed by atoms with Crippen molar-refractivity contribution in [2.24, 2.45) is 0 Å². The molecule has 0 radical (unpaired) electrons. The van der Waals surface area contributed by atoms with Gasteiger partial charge in [-0.3, -0.25) is 0 Å². The predicted octanol–water partition coefficient (Wildman–Crippen LogP) is 1.12.